The van der Waals surface area contributed by atoms with Crippen LogP contribution in [0, 0.1) is 0 Å². The highest BCUT2D eigenvalue weighted by Gasteiger charge is 2.24. The van der Waals surface area contributed by atoms with Gasteiger partial charge in [0.1, 0.15) is 5.75 Å². The number of benzene rings is 1. The lowest BCUT2D eigenvalue weighted by Gasteiger charge is -2.12. The van der Waals surface area contributed by atoms with Gasteiger partial charge in [-0.25, -0.2) is 8.42 Å². The van der Waals surface area contributed by atoms with Crippen molar-refractivity contribution >= 4 is 31.7 Å². The molecule has 0 spiro atoms. The van der Waals surface area contributed by atoms with Crippen molar-refractivity contribution in [1.29, 1.82) is 0 Å². The minimum Gasteiger partial charge on any atom is -0.496 e. The second-order valence-corrected chi connectivity index (χ2v) is 6.93. The standard InChI is InChI=1S/C12H12BrNO4S/c1-18-11-6-8(13)2-3-10(11)12(15)14-9-4-5-19(16,17)7-9/h2-6,9H,7H2,1H3,(H,14,15). The quantitative estimate of drug-likeness (QED) is 0.900. The van der Waals surface area contributed by atoms with Crippen LogP contribution in [0.25, 0.3) is 0 Å². The Labute approximate surface area is 119 Å². The van der Waals surface area contributed by atoms with E-state index in [2.05, 4.69) is 21.2 Å². The summed E-state index contributed by atoms with van der Waals surface area (Å²) in [5.41, 5.74) is 0.364. The Bertz CT molecular complexity index is 639. The molecule has 1 heterocycles. The number of sulfone groups is 1. The molecule has 0 saturated carbocycles. The molecule has 19 heavy (non-hydrogen) atoms. The van der Waals surface area contributed by atoms with Crippen molar-refractivity contribution in [2.24, 2.45) is 0 Å². The number of hydrogen-bond donors (Lipinski definition) is 1. The summed E-state index contributed by atoms with van der Waals surface area (Å²) in [7, 11) is -1.71. The molecule has 1 N–H and O–H groups in total. The van der Waals surface area contributed by atoms with Crippen molar-refractivity contribution in [2.45, 2.75) is 6.04 Å². The zero-order chi connectivity index (χ0) is 14.0. The summed E-state index contributed by atoms with van der Waals surface area (Å²) in [6, 6.07) is 4.52. The minimum atomic E-state index is -3.18. The summed E-state index contributed by atoms with van der Waals surface area (Å²) in [5, 5.41) is 3.77. The second kappa shape index (κ2) is 5.34. The molecule has 0 fully saturated rings. The van der Waals surface area contributed by atoms with Crippen LogP contribution in [0.4, 0.5) is 0 Å². The molecule has 1 aromatic carbocycles. The predicted octanol–water partition coefficient (Wildman–Crippen LogP) is 1.50. The fourth-order valence-corrected chi connectivity index (χ4v) is 3.34. The molecular formula is C12H12BrNO4S. The number of rotatable bonds is 3. The molecule has 1 amide bonds. The van der Waals surface area contributed by atoms with Crippen molar-refractivity contribution < 1.29 is 17.9 Å². The van der Waals surface area contributed by atoms with Crippen molar-refractivity contribution in [3.8, 4) is 5.75 Å². The van der Waals surface area contributed by atoms with Crippen LogP contribution in [0.15, 0.2) is 34.2 Å². The fourth-order valence-electron chi connectivity index (χ4n) is 1.76. The second-order valence-electron chi connectivity index (χ2n) is 4.08. The van der Waals surface area contributed by atoms with Crippen LogP contribution in [0.2, 0.25) is 0 Å². The van der Waals surface area contributed by atoms with Gasteiger partial charge in [-0.05, 0) is 24.3 Å². The summed E-state index contributed by atoms with van der Waals surface area (Å²) >= 11 is 3.29. The topological polar surface area (TPSA) is 72.5 Å². The molecule has 1 aliphatic heterocycles. The molecule has 2 rings (SSSR count). The van der Waals surface area contributed by atoms with Gasteiger partial charge in [0.15, 0.2) is 9.84 Å². The highest BCUT2D eigenvalue weighted by Crippen LogP contribution is 2.23. The maximum atomic E-state index is 12.1. The third kappa shape index (κ3) is 3.36. The molecular weight excluding hydrogens is 334 g/mol. The van der Waals surface area contributed by atoms with Crippen molar-refractivity contribution in [3.63, 3.8) is 0 Å². The van der Waals surface area contributed by atoms with Gasteiger partial charge in [-0.15, -0.1) is 0 Å². The van der Waals surface area contributed by atoms with Crippen molar-refractivity contribution in [1.82, 2.24) is 5.32 Å². The zero-order valence-electron chi connectivity index (χ0n) is 10.1. The molecule has 102 valence electrons. The van der Waals surface area contributed by atoms with Gasteiger partial charge in [0.2, 0.25) is 0 Å². The molecule has 1 aliphatic rings. The van der Waals surface area contributed by atoms with Crippen LogP contribution >= 0.6 is 15.9 Å². The third-order valence-electron chi connectivity index (χ3n) is 2.65. The van der Waals surface area contributed by atoms with Crippen molar-refractivity contribution in [3.05, 3.63) is 39.7 Å². The summed E-state index contributed by atoms with van der Waals surface area (Å²) in [6.07, 6.45) is 1.47. The SMILES string of the molecule is COc1cc(Br)ccc1C(=O)NC1C=CS(=O)(=O)C1. The van der Waals surface area contributed by atoms with Crippen LogP contribution in [0.5, 0.6) is 5.75 Å². The van der Waals surface area contributed by atoms with E-state index < -0.39 is 15.9 Å². The van der Waals surface area contributed by atoms with Gasteiger partial charge in [0, 0.05) is 9.88 Å². The van der Waals surface area contributed by atoms with E-state index in [0.717, 1.165) is 9.88 Å². The number of halogens is 1. The van der Waals surface area contributed by atoms with Gasteiger partial charge in [-0.2, -0.15) is 0 Å². The normalized spacial score (nSPS) is 20.2. The molecule has 7 heteroatoms. The number of nitrogens with one attached hydrogen (secondary N) is 1. The van der Waals surface area contributed by atoms with E-state index in [1.165, 1.54) is 13.2 Å². The Morgan fingerprint density at radius 3 is 2.79 bits per heavy atom. The lowest BCUT2D eigenvalue weighted by Crippen LogP contribution is -2.35. The number of carbonyl (C=O) groups is 1. The van der Waals surface area contributed by atoms with Crippen LogP contribution in [-0.2, 0) is 9.84 Å². The molecule has 5 nitrogen and oxygen atoms in total. The van der Waals surface area contributed by atoms with Crippen LogP contribution in [0.3, 0.4) is 0 Å². The number of carbonyl (C=O) groups excluding carboxylic acids is 1. The summed E-state index contributed by atoms with van der Waals surface area (Å²) in [5.74, 6) is -0.0368. The van der Waals surface area contributed by atoms with Crippen molar-refractivity contribution in [2.75, 3.05) is 12.9 Å². The van der Waals surface area contributed by atoms with Gasteiger partial charge >= 0.3 is 0 Å². The molecule has 1 unspecified atom stereocenters. The first kappa shape index (κ1) is 14.1. The highest BCUT2D eigenvalue weighted by molar-refractivity contribution is 9.10. The minimum absolute atomic E-state index is 0.0996. The van der Waals surface area contributed by atoms with E-state index in [0.29, 0.717) is 11.3 Å². The highest BCUT2D eigenvalue weighted by atomic mass is 79.9. The molecule has 0 aliphatic carbocycles. The van der Waals surface area contributed by atoms with Crippen LogP contribution in [-0.4, -0.2) is 33.2 Å². The Hall–Kier alpha value is -1.34. The largest absolute Gasteiger partial charge is 0.496 e. The Balaban J connectivity index is 2.15. The maximum Gasteiger partial charge on any atom is 0.255 e. The average Bonchev–Trinajstić information content (AvgIpc) is 2.68. The summed E-state index contributed by atoms with van der Waals surface area (Å²) < 4.78 is 28.4. The number of methoxy groups -OCH3 is 1. The van der Waals surface area contributed by atoms with Gasteiger partial charge in [-0.1, -0.05) is 15.9 Å². The number of amides is 1. The summed E-state index contributed by atoms with van der Waals surface area (Å²) in [6.45, 7) is 0. The Kier molecular flexibility index (Phi) is 3.96. The van der Waals surface area contributed by atoms with E-state index >= 15 is 0 Å². The monoisotopic (exact) mass is 345 g/mol. The third-order valence-corrected chi connectivity index (χ3v) is 4.54. The first-order valence-corrected chi connectivity index (χ1v) is 7.97. The molecule has 0 aromatic heterocycles. The zero-order valence-corrected chi connectivity index (χ0v) is 12.5. The molecule has 1 aromatic rings. The van der Waals surface area contributed by atoms with Crippen LogP contribution in [0.1, 0.15) is 10.4 Å². The molecule has 1 atom stereocenters. The number of hydrogen-bond acceptors (Lipinski definition) is 4. The molecule has 0 radical (unpaired) electrons. The van der Waals surface area contributed by atoms with E-state index in [-0.39, 0.29) is 11.7 Å². The smallest absolute Gasteiger partial charge is 0.255 e. The first-order valence-electron chi connectivity index (χ1n) is 5.46. The van der Waals surface area contributed by atoms with E-state index in [9.17, 15) is 13.2 Å². The van der Waals surface area contributed by atoms with E-state index in [1.807, 2.05) is 0 Å². The Morgan fingerprint density at radius 1 is 1.47 bits per heavy atom. The van der Waals surface area contributed by atoms with E-state index in [1.54, 1.807) is 18.2 Å². The fraction of sp³-hybridized carbons (Fsp3) is 0.250. The van der Waals surface area contributed by atoms with Gasteiger partial charge in [-0.3, -0.25) is 4.79 Å². The molecule has 0 bridgehead atoms. The average molecular weight is 346 g/mol. The summed E-state index contributed by atoms with van der Waals surface area (Å²) in [4.78, 5) is 12.1. The predicted molar refractivity (Wildman–Crippen MR) is 74.9 cm³/mol. The lowest BCUT2D eigenvalue weighted by molar-refractivity contribution is 0.0944. The number of ether oxygens (including phenoxy) is 1. The van der Waals surface area contributed by atoms with E-state index in [4.69, 9.17) is 4.74 Å². The van der Waals surface area contributed by atoms with Crippen LogP contribution < -0.4 is 10.1 Å². The maximum absolute atomic E-state index is 12.1. The Morgan fingerprint density at radius 2 is 2.21 bits per heavy atom. The van der Waals surface area contributed by atoms with Gasteiger partial charge in [0.05, 0.1) is 24.5 Å². The van der Waals surface area contributed by atoms with Gasteiger partial charge in [0.25, 0.3) is 5.91 Å². The first-order chi connectivity index (χ1) is 8.91. The van der Waals surface area contributed by atoms with Gasteiger partial charge < -0.3 is 10.1 Å². The molecule has 0 saturated heterocycles. The lowest BCUT2D eigenvalue weighted by atomic mass is 10.1.